The van der Waals surface area contributed by atoms with E-state index in [1.807, 2.05) is 20.8 Å². The minimum atomic E-state index is -0.550. The van der Waals surface area contributed by atoms with Crippen LogP contribution in [-0.4, -0.2) is 35.0 Å². The van der Waals surface area contributed by atoms with Gasteiger partial charge in [-0.2, -0.15) is 0 Å². The molecule has 0 heterocycles. The Hall–Kier alpha value is -3.36. The van der Waals surface area contributed by atoms with Crippen molar-refractivity contribution in [2.75, 3.05) is 0 Å². The van der Waals surface area contributed by atoms with Crippen LogP contribution in [0, 0.1) is 0 Å². The van der Waals surface area contributed by atoms with Crippen LogP contribution in [0.3, 0.4) is 0 Å². The third-order valence-electron chi connectivity index (χ3n) is 3.74. The van der Waals surface area contributed by atoms with E-state index >= 15 is 0 Å². The maximum atomic E-state index is 11.9. The van der Waals surface area contributed by atoms with Crippen LogP contribution < -0.4 is 0 Å². The van der Waals surface area contributed by atoms with Crippen molar-refractivity contribution in [1.29, 1.82) is 0 Å². The highest BCUT2D eigenvalue weighted by Crippen LogP contribution is 2.08. The Bertz CT molecular complexity index is 831. The molecule has 0 aliphatic rings. The number of benzene rings is 1. The summed E-state index contributed by atoms with van der Waals surface area (Å²) in [6.07, 6.45) is 2.33. The van der Waals surface area contributed by atoms with Crippen LogP contribution in [0.25, 0.3) is 0 Å². The molecule has 9 nitrogen and oxygen atoms in total. The molecule has 0 fully saturated rings. The molecule has 168 valence electrons. The fourth-order valence-corrected chi connectivity index (χ4v) is 2.21. The second kappa shape index (κ2) is 14.6. The van der Waals surface area contributed by atoms with Gasteiger partial charge < -0.3 is 14.5 Å². The van der Waals surface area contributed by atoms with Gasteiger partial charge in [0.1, 0.15) is 11.4 Å². The second-order valence-electron chi connectivity index (χ2n) is 6.56. The van der Waals surface area contributed by atoms with E-state index in [2.05, 4.69) is 15.5 Å². The minimum absolute atomic E-state index is 0.00995. The van der Waals surface area contributed by atoms with Gasteiger partial charge in [-0.05, 0) is 26.2 Å². The molecule has 9 heteroatoms. The summed E-state index contributed by atoms with van der Waals surface area (Å²) in [6, 6.07) is 8.74. The topological polar surface area (TPSA) is 116 Å². The first-order chi connectivity index (χ1) is 14.9. The summed E-state index contributed by atoms with van der Waals surface area (Å²) in [6.45, 7) is 7.02. The van der Waals surface area contributed by atoms with Gasteiger partial charge in [-0.25, -0.2) is 14.4 Å². The van der Waals surface area contributed by atoms with Crippen LogP contribution in [0.2, 0.25) is 0 Å². The summed E-state index contributed by atoms with van der Waals surface area (Å²) >= 11 is 0. The number of hydrogen-bond donors (Lipinski definition) is 0. The highest BCUT2D eigenvalue weighted by atomic mass is 16.7. The van der Waals surface area contributed by atoms with Crippen LogP contribution in [0.15, 0.2) is 45.8 Å². The molecule has 1 aromatic carbocycles. The minimum Gasteiger partial charge on any atom is -0.318 e. The number of nitrogens with zero attached hydrogens (tertiary/aromatic N) is 3. The van der Waals surface area contributed by atoms with Gasteiger partial charge in [0.15, 0.2) is 5.71 Å². The van der Waals surface area contributed by atoms with Crippen molar-refractivity contribution in [2.45, 2.75) is 66.2 Å². The van der Waals surface area contributed by atoms with E-state index in [9.17, 15) is 14.4 Å². The quantitative estimate of drug-likeness (QED) is 0.279. The molecule has 0 bridgehead atoms. The van der Waals surface area contributed by atoms with E-state index in [0.29, 0.717) is 24.8 Å². The summed E-state index contributed by atoms with van der Waals surface area (Å²) in [4.78, 5) is 50.3. The standard InChI is InChI=1S/C22H29N3O6/c1-5-11-18(26)29-23-16(4)21(24-30-19(27)12-6-2)22(17-14-9-8-10-15-17)25-31-20(28)13-7-3/h8-10,14-15H,5-7,11-13H2,1-4H3/b23-16+,24-21+,25-22+. The Kier molecular flexibility index (Phi) is 12.1. The fourth-order valence-electron chi connectivity index (χ4n) is 2.21. The third-order valence-corrected chi connectivity index (χ3v) is 3.74. The Balaban J connectivity index is 3.38. The first-order valence-electron chi connectivity index (χ1n) is 10.3. The first kappa shape index (κ1) is 25.7. The van der Waals surface area contributed by atoms with Crippen LogP contribution in [0.4, 0.5) is 0 Å². The summed E-state index contributed by atoms with van der Waals surface area (Å²) in [5.74, 6) is -1.59. The zero-order valence-corrected chi connectivity index (χ0v) is 18.4. The molecule has 1 rings (SSSR count). The Morgan fingerprint density at radius 2 is 1.16 bits per heavy atom. The van der Waals surface area contributed by atoms with Gasteiger partial charge in [-0.15, -0.1) is 0 Å². The summed E-state index contributed by atoms with van der Waals surface area (Å²) < 4.78 is 0. The average molecular weight is 431 g/mol. The van der Waals surface area contributed by atoms with E-state index in [1.165, 1.54) is 6.92 Å². The van der Waals surface area contributed by atoms with Gasteiger partial charge in [0.05, 0.1) is 0 Å². The predicted molar refractivity (Wildman–Crippen MR) is 117 cm³/mol. The van der Waals surface area contributed by atoms with Crippen molar-refractivity contribution in [3.05, 3.63) is 35.9 Å². The zero-order chi connectivity index (χ0) is 23.1. The number of carbonyl (C=O) groups is 3. The molecule has 0 aliphatic carbocycles. The van der Waals surface area contributed by atoms with Gasteiger partial charge in [-0.1, -0.05) is 66.6 Å². The lowest BCUT2D eigenvalue weighted by atomic mass is 10.0. The molecule has 0 radical (unpaired) electrons. The van der Waals surface area contributed by atoms with Gasteiger partial charge >= 0.3 is 17.9 Å². The molecular weight excluding hydrogens is 402 g/mol. The number of rotatable bonds is 12. The normalized spacial score (nSPS) is 12.3. The molecule has 0 spiro atoms. The van der Waals surface area contributed by atoms with E-state index < -0.39 is 17.9 Å². The van der Waals surface area contributed by atoms with E-state index in [4.69, 9.17) is 14.5 Å². The molecule has 0 atom stereocenters. The fraction of sp³-hybridized carbons (Fsp3) is 0.455. The molecular formula is C22H29N3O6. The average Bonchev–Trinajstić information content (AvgIpc) is 2.75. The van der Waals surface area contributed by atoms with Gasteiger partial charge in [-0.3, -0.25) is 0 Å². The summed E-state index contributed by atoms with van der Waals surface area (Å²) in [5, 5.41) is 11.6. The highest BCUT2D eigenvalue weighted by Gasteiger charge is 2.20. The Morgan fingerprint density at radius 3 is 1.65 bits per heavy atom. The van der Waals surface area contributed by atoms with Crippen molar-refractivity contribution in [2.24, 2.45) is 15.5 Å². The molecule has 31 heavy (non-hydrogen) atoms. The van der Waals surface area contributed by atoms with Gasteiger partial charge in [0.2, 0.25) is 0 Å². The van der Waals surface area contributed by atoms with E-state index in [0.717, 1.165) is 0 Å². The SMILES string of the molecule is CCCC(=O)O/N=C(C)/C(=N\OC(=O)CCC)C(=N/OC(=O)CCC)/c1ccccc1. The lowest BCUT2D eigenvalue weighted by Gasteiger charge is -2.09. The van der Waals surface area contributed by atoms with Gasteiger partial charge in [0.25, 0.3) is 0 Å². The number of oxime groups is 3. The third kappa shape index (κ3) is 9.79. The molecule has 0 N–H and O–H groups in total. The predicted octanol–water partition coefficient (Wildman–Crippen LogP) is 4.15. The first-order valence-corrected chi connectivity index (χ1v) is 10.3. The maximum Gasteiger partial charge on any atom is 0.335 e. The van der Waals surface area contributed by atoms with Crippen molar-refractivity contribution < 1.29 is 28.9 Å². The second-order valence-corrected chi connectivity index (χ2v) is 6.56. The lowest BCUT2D eigenvalue weighted by molar-refractivity contribution is -0.144. The molecule has 0 saturated carbocycles. The monoisotopic (exact) mass is 431 g/mol. The molecule has 0 unspecified atom stereocenters. The van der Waals surface area contributed by atoms with Crippen LogP contribution in [-0.2, 0) is 28.9 Å². The summed E-state index contributed by atoms with van der Waals surface area (Å²) in [7, 11) is 0. The van der Waals surface area contributed by atoms with Crippen molar-refractivity contribution in [3.63, 3.8) is 0 Å². The molecule has 0 aromatic heterocycles. The van der Waals surface area contributed by atoms with Crippen molar-refractivity contribution >= 4 is 35.0 Å². The molecule has 0 aliphatic heterocycles. The Morgan fingerprint density at radius 1 is 0.710 bits per heavy atom. The largest absolute Gasteiger partial charge is 0.335 e. The van der Waals surface area contributed by atoms with Crippen LogP contribution in [0.5, 0.6) is 0 Å². The zero-order valence-electron chi connectivity index (χ0n) is 18.4. The smallest absolute Gasteiger partial charge is 0.318 e. The lowest BCUT2D eigenvalue weighted by Crippen LogP contribution is -2.26. The molecule has 1 aromatic rings. The number of carbonyl (C=O) groups excluding carboxylic acids is 3. The molecule has 0 amide bonds. The van der Waals surface area contributed by atoms with Crippen LogP contribution in [0.1, 0.15) is 71.8 Å². The maximum absolute atomic E-state index is 11.9. The number of hydrogen-bond acceptors (Lipinski definition) is 9. The van der Waals surface area contributed by atoms with Gasteiger partial charge in [0, 0.05) is 24.8 Å². The van der Waals surface area contributed by atoms with Crippen LogP contribution >= 0.6 is 0 Å². The van der Waals surface area contributed by atoms with Crippen molar-refractivity contribution in [3.8, 4) is 0 Å². The molecule has 0 saturated heterocycles. The Labute approximate surface area is 182 Å². The van der Waals surface area contributed by atoms with E-state index in [1.54, 1.807) is 30.3 Å². The van der Waals surface area contributed by atoms with E-state index in [-0.39, 0.29) is 36.4 Å². The van der Waals surface area contributed by atoms with Crippen molar-refractivity contribution in [1.82, 2.24) is 0 Å². The highest BCUT2D eigenvalue weighted by molar-refractivity contribution is 6.71. The summed E-state index contributed by atoms with van der Waals surface area (Å²) in [5.41, 5.74) is 0.737.